The van der Waals surface area contributed by atoms with Crippen LogP contribution in [0.5, 0.6) is 0 Å². The number of amides is 1. The summed E-state index contributed by atoms with van der Waals surface area (Å²) in [6, 6.07) is 8.73. The molecule has 0 bridgehead atoms. The van der Waals surface area contributed by atoms with E-state index < -0.39 is 16.7 Å². The molecule has 1 aliphatic heterocycles. The number of benzene rings is 2. The van der Waals surface area contributed by atoms with Gasteiger partial charge in [-0.05, 0) is 42.0 Å². The number of halogens is 3. The Morgan fingerprint density at radius 2 is 1.86 bits per heavy atom. The van der Waals surface area contributed by atoms with Crippen molar-refractivity contribution >= 4 is 57.7 Å². The quantitative estimate of drug-likeness (QED) is 0.302. The number of carbonyl (C=O) groups excluding carboxylic acids is 1. The number of nitrogens with zero attached hydrogens (tertiary/aromatic N) is 1. The molecule has 1 saturated heterocycles. The van der Waals surface area contributed by atoms with Gasteiger partial charge in [0.1, 0.15) is 4.32 Å². The molecule has 28 heavy (non-hydrogen) atoms. The van der Waals surface area contributed by atoms with E-state index in [9.17, 15) is 28.1 Å². The Morgan fingerprint density at radius 1 is 1.18 bits per heavy atom. The van der Waals surface area contributed by atoms with Gasteiger partial charge in [0, 0.05) is 11.0 Å². The summed E-state index contributed by atoms with van der Waals surface area (Å²) >= 11 is 6.93. The maximum absolute atomic E-state index is 12.6. The monoisotopic (exact) mass is 442 g/mol. The second-order valence-corrected chi connectivity index (χ2v) is 8.29. The first-order valence-corrected chi connectivity index (χ1v) is 9.56. The molecule has 144 valence electrons. The van der Waals surface area contributed by atoms with Crippen molar-refractivity contribution in [1.82, 2.24) is 5.32 Å². The number of nitro groups is 1. The Morgan fingerprint density at radius 3 is 2.39 bits per heavy atom. The number of hydrogen-bond donors (Lipinski definition) is 1. The predicted octanol–water partition coefficient (Wildman–Crippen LogP) is 5.25. The van der Waals surface area contributed by atoms with E-state index in [0.29, 0.717) is 19.7 Å². The largest absolute Gasteiger partial charge is 0.416 e. The average molecular weight is 442 g/mol. The van der Waals surface area contributed by atoms with Crippen LogP contribution in [0.2, 0.25) is 0 Å². The van der Waals surface area contributed by atoms with Gasteiger partial charge < -0.3 is 5.32 Å². The summed E-state index contributed by atoms with van der Waals surface area (Å²) in [4.78, 5) is 23.6. The summed E-state index contributed by atoms with van der Waals surface area (Å²) in [5, 5.41) is 13.9. The van der Waals surface area contributed by atoms with Gasteiger partial charge in [0.05, 0.1) is 20.3 Å². The van der Waals surface area contributed by atoms with E-state index in [1.54, 1.807) is 6.07 Å². The zero-order chi connectivity index (χ0) is 20.5. The Bertz CT molecular complexity index is 1000. The smallest absolute Gasteiger partial charge is 0.307 e. The molecule has 5 nitrogen and oxygen atoms in total. The van der Waals surface area contributed by atoms with Crippen LogP contribution in [-0.2, 0) is 11.0 Å². The molecule has 1 heterocycles. The van der Waals surface area contributed by atoms with Gasteiger partial charge in [-0.3, -0.25) is 14.9 Å². The van der Waals surface area contributed by atoms with Crippen molar-refractivity contribution in [3.63, 3.8) is 0 Å². The van der Waals surface area contributed by atoms with Crippen LogP contribution in [0.3, 0.4) is 0 Å². The Hall–Kier alpha value is -2.37. The molecule has 0 saturated carbocycles. The van der Waals surface area contributed by atoms with Crippen LogP contribution in [0, 0.1) is 10.1 Å². The van der Waals surface area contributed by atoms with Crippen molar-refractivity contribution in [1.29, 1.82) is 0 Å². The van der Waals surface area contributed by atoms with E-state index >= 15 is 0 Å². The van der Waals surface area contributed by atoms with Gasteiger partial charge in [-0.15, -0.1) is 0 Å². The number of rotatable bonds is 4. The zero-order valence-corrected chi connectivity index (χ0v) is 16.1. The molecule has 0 atom stereocenters. The van der Waals surface area contributed by atoms with Crippen molar-refractivity contribution in [3.05, 3.63) is 68.6 Å². The lowest BCUT2D eigenvalue weighted by Gasteiger charge is -2.08. The highest BCUT2D eigenvalue weighted by atomic mass is 32.2. The molecule has 0 radical (unpaired) electrons. The highest BCUT2D eigenvalue weighted by Crippen LogP contribution is 2.38. The number of nitrogens with one attached hydrogen (secondary N) is 1. The number of alkyl halides is 3. The maximum Gasteiger partial charge on any atom is 0.416 e. The van der Waals surface area contributed by atoms with Crippen molar-refractivity contribution in [2.45, 2.75) is 16.0 Å². The van der Waals surface area contributed by atoms with Crippen LogP contribution in [0.1, 0.15) is 11.1 Å². The fourth-order valence-electron chi connectivity index (χ4n) is 2.26. The number of nitro benzene ring substituents is 1. The van der Waals surface area contributed by atoms with E-state index in [1.807, 2.05) is 0 Å². The molecule has 2 aromatic rings. The van der Waals surface area contributed by atoms with E-state index in [0.717, 1.165) is 35.7 Å². The van der Waals surface area contributed by atoms with Gasteiger partial charge >= 0.3 is 6.18 Å². The summed E-state index contributed by atoms with van der Waals surface area (Å²) in [7, 11) is 0. The van der Waals surface area contributed by atoms with Gasteiger partial charge in [-0.25, -0.2) is 0 Å². The number of thioether (sulfide) groups is 1. The van der Waals surface area contributed by atoms with Gasteiger partial charge in [0.2, 0.25) is 0 Å². The summed E-state index contributed by atoms with van der Waals surface area (Å²) in [5.74, 6) is -0.374. The lowest BCUT2D eigenvalue weighted by Crippen LogP contribution is -2.17. The molecule has 1 amide bonds. The first-order chi connectivity index (χ1) is 13.1. The summed E-state index contributed by atoms with van der Waals surface area (Å²) in [6.45, 7) is 0. The minimum atomic E-state index is -4.45. The lowest BCUT2D eigenvalue weighted by molar-refractivity contribution is -0.387. The molecule has 3 rings (SSSR count). The summed E-state index contributed by atoms with van der Waals surface area (Å²) in [5.41, 5.74) is -0.574. The molecule has 1 N–H and O–H groups in total. The fraction of sp³-hybridized carbons (Fsp3) is 0.0588. The van der Waals surface area contributed by atoms with E-state index in [-0.39, 0.29) is 16.5 Å². The highest BCUT2D eigenvalue weighted by Gasteiger charge is 2.30. The van der Waals surface area contributed by atoms with Gasteiger partial charge in [-0.2, -0.15) is 13.2 Å². The average Bonchev–Trinajstić information content (AvgIpc) is 2.93. The molecule has 0 aromatic heterocycles. The molecule has 2 aromatic carbocycles. The molecule has 1 aliphatic rings. The van der Waals surface area contributed by atoms with Crippen molar-refractivity contribution in [2.24, 2.45) is 0 Å². The Balaban J connectivity index is 1.88. The number of thiocarbonyl (C=S) groups is 1. The second kappa shape index (κ2) is 7.94. The zero-order valence-electron chi connectivity index (χ0n) is 13.6. The van der Waals surface area contributed by atoms with Crippen LogP contribution in [0.4, 0.5) is 18.9 Å². The normalized spacial score (nSPS) is 15.8. The highest BCUT2D eigenvalue weighted by molar-refractivity contribution is 8.26. The third-order valence-electron chi connectivity index (χ3n) is 3.53. The van der Waals surface area contributed by atoms with Gasteiger partial charge in [0.15, 0.2) is 0 Å². The Kier molecular flexibility index (Phi) is 5.77. The molecule has 0 spiro atoms. The van der Waals surface area contributed by atoms with Crippen LogP contribution in [0.15, 0.2) is 57.2 Å². The maximum atomic E-state index is 12.6. The predicted molar refractivity (Wildman–Crippen MR) is 105 cm³/mol. The first kappa shape index (κ1) is 20.4. The SMILES string of the molecule is O=C1NC(=S)S/C1=C\c1ccc(Sc2ccc(C(F)(F)F)cc2)c([N+](=O)[O-])c1. The third kappa shape index (κ3) is 4.72. The third-order valence-corrected chi connectivity index (χ3v) is 5.76. The van der Waals surface area contributed by atoms with Crippen LogP contribution >= 0.6 is 35.7 Å². The molecular weight excluding hydrogens is 433 g/mol. The van der Waals surface area contributed by atoms with Crippen LogP contribution in [-0.4, -0.2) is 15.2 Å². The number of hydrogen-bond acceptors (Lipinski definition) is 6. The topological polar surface area (TPSA) is 72.2 Å². The molecule has 11 heteroatoms. The van der Waals surface area contributed by atoms with Gasteiger partial charge in [0.25, 0.3) is 11.6 Å². The summed E-state index contributed by atoms with van der Waals surface area (Å²) in [6.07, 6.45) is -2.96. The minimum Gasteiger partial charge on any atom is -0.307 e. The van der Waals surface area contributed by atoms with Crippen molar-refractivity contribution < 1.29 is 22.9 Å². The molecule has 0 aliphatic carbocycles. The molecule has 1 fully saturated rings. The van der Waals surface area contributed by atoms with E-state index in [2.05, 4.69) is 5.32 Å². The number of carbonyl (C=O) groups is 1. The molecule has 0 unspecified atom stereocenters. The van der Waals surface area contributed by atoms with Crippen molar-refractivity contribution in [3.8, 4) is 0 Å². The second-order valence-electron chi connectivity index (χ2n) is 5.46. The minimum absolute atomic E-state index is 0.217. The van der Waals surface area contributed by atoms with E-state index in [4.69, 9.17) is 12.2 Å². The first-order valence-electron chi connectivity index (χ1n) is 7.52. The standard InChI is InChI=1S/C17H9F3N2O3S3/c18-17(19,20)10-2-4-11(5-3-10)27-13-6-1-9(7-12(13)22(24)25)8-14-15(23)21-16(26)28-14/h1-8H,(H,21,23,26)/b14-8-. The fourth-order valence-corrected chi connectivity index (χ4v) is 4.21. The lowest BCUT2D eigenvalue weighted by atomic mass is 10.2. The van der Waals surface area contributed by atoms with Crippen LogP contribution in [0.25, 0.3) is 6.08 Å². The van der Waals surface area contributed by atoms with Crippen molar-refractivity contribution in [2.75, 3.05) is 0 Å². The Labute approximate surface area is 170 Å². The van der Waals surface area contributed by atoms with Gasteiger partial charge in [-0.1, -0.05) is 41.8 Å². The van der Waals surface area contributed by atoms with Crippen LogP contribution < -0.4 is 5.32 Å². The summed E-state index contributed by atoms with van der Waals surface area (Å²) < 4.78 is 38.2. The molecular formula is C17H9F3N2O3S3. The van der Waals surface area contributed by atoms with E-state index in [1.165, 1.54) is 30.3 Å².